The van der Waals surface area contributed by atoms with E-state index in [1.54, 1.807) is 13.8 Å². The Balaban J connectivity index is 1.34. The molecule has 2 aromatic carbocycles. The van der Waals surface area contributed by atoms with E-state index in [0.717, 1.165) is 22.3 Å². The Morgan fingerprint density at radius 1 is 1.00 bits per heavy atom. The van der Waals surface area contributed by atoms with E-state index in [0.29, 0.717) is 12.8 Å². The topological polar surface area (TPSA) is 114 Å². The number of alkyl carbamates (subject to hydrolysis) is 1. The quantitative estimate of drug-likeness (QED) is 0.506. The van der Waals surface area contributed by atoms with Gasteiger partial charge in [-0.05, 0) is 35.1 Å². The second-order valence-electron chi connectivity index (χ2n) is 9.23. The Hall–Kier alpha value is -3.39. The predicted octanol–water partition coefficient (Wildman–Crippen LogP) is 3.55. The zero-order chi connectivity index (χ0) is 25.0. The minimum Gasteiger partial charge on any atom is -0.481 e. The molecule has 3 N–H and O–H groups in total. The number of benzene rings is 2. The summed E-state index contributed by atoms with van der Waals surface area (Å²) in [6.45, 7) is 4.14. The third-order valence-corrected chi connectivity index (χ3v) is 7.47. The number of carboxylic acids is 1. The van der Waals surface area contributed by atoms with Gasteiger partial charge in [0.1, 0.15) is 6.61 Å². The predicted molar refractivity (Wildman–Crippen MR) is 130 cm³/mol. The number of aliphatic carboxylic acids is 1. The molecule has 1 saturated heterocycles. The molecule has 1 heterocycles. The van der Waals surface area contributed by atoms with E-state index >= 15 is 0 Å². The highest BCUT2D eigenvalue weighted by Gasteiger charge is 2.39. The fourth-order valence-electron chi connectivity index (χ4n) is 5.01. The number of ether oxygens (including phenoxy) is 2. The molecule has 186 valence electrons. The van der Waals surface area contributed by atoms with Gasteiger partial charge in [-0.3, -0.25) is 9.59 Å². The minimum atomic E-state index is -1.01. The summed E-state index contributed by atoms with van der Waals surface area (Å²) in [6.07, 6.45) is 0.200. The van der Waals surface area contributed by atoms with Gasteiger partial charge in [0, 0.05) is 12.5 Å². The van der Waals surface area contributed by atoms with Crippen LogP contribution in [0.15, 0.2) is 48.5 Å². The first kappa shape index (κ1) is 24.7. The average Bonchev–Trinajstić information content (AvgIpc) is 3.46. The monoisotopic (exact) mass is 480 g/mol. The van der Waals surface area contributed by atoms with Crippen LogP contribution in [0.4, 0.5) is 4.79 Å². The fraction of sp³-hybridized carbons (Fsp3) is 0.444. The highest BCUT2D eigenvalue weighted by molar-refractivity contribution is 5.82. The zero-order valence-corrected chi connectivity index (χ0v) is 20.1. The molecule has 1 aliphatic carbocycles. The Kier molecular flexibility index (Phi) is 7.40. The van der Waals surface area contributed by atoms with Gasteiger partial charge in [0.05, 0.1) is 30.6 Å². The van der Waals surface area contributed by atoms with E-state index in [1.807, 2.05) is 24.3 Å². The van der Waals surface area contributed by atoms with Crippen molar-refractivity contribution >= 4 is 18.0 Å². The lowest BCUT2D eigenvalue weighted by Crippen LogP contribution is -2.49. The van der Waals surface area contributed by atoms with Gasteiger partial charge in [-0.15, -0.1) is 0 Å². The van der Waals surface area contributed by atoms with E-state index in [2.05, 4.69) is 34.9 Å². The maximum absolute atomic E-state index is 12.8. The Bertz CT molecular complexity index is 1050. The van der Waals surface area contributed by atoms with E-state index < -0.39 is 29.4 Å². The molecule has 2 amide bonds. The highest BCUT2D eigenvalue weighted by atomic mass is 16.5. The Morgan fingerprint density at radius 2 is 1.60 bits per heavy atom. The number of hydrogen-bond acceptors (Lipinski definition) is 5. The normalized spacial score (nSPS) is 19.0. The lowest BCUT2D eigenvalue weighted by Gasteiger charge is -2.28. The van der Waals surface area contributed by atoms with E-state index in [-0.39, 0.29) is 38.2 Å². The van der Waals surface area contributed by atoms with Crippen LogP contribution >= 0.6 is 0 Å². The van der Waals surface area contributed by atoms with Gasteiger partial charge in [0.25, 0.3) is 0 Å². The van der Waals surface area contributed by atoms with Gasteiger partial charge in [0.15, 0.2) is 0 Å². The van der Waals surface area contributed by atoms with Gasteiger partial charge in [-0.2, -0.15) is 0 Å². The molecular formula is C27H32N2O6. The summed E-state index contributed by atoms with van der Waals surface area (Å²) in [7, 11) is 0. The lowest BCUT2D eigenvalue weighted by molar-refractivity contribution is -0.149. The second-order valence-corrected chi connectivity index (χ2v) is 9.23. The Labute approximate surface area is 205 Å². The lowest BCUT2D eigenvalue weighted by atomic mass is 9.82. The standard InChI is InChI=1S/C27H32N2O6/c1-3-27(4-2,25(31)32)16-28-24(30)22-13-34-15-23(22)29-26(33)35-14-21-19-11-7-5-9-17(19)18-10-6-8-12-20(18)21/h5-12,21-23H,3-4,13-16H2,1-2H3,(H,28,30)(H,29,33)(H,31,32). The second kappa shape index (κ2) is 10.5. The van der Waals surface area contributed by atoms with Gasteiger partial charge in [-0.25, -0.2) is 4.79 Å². The van der Waals surface area contributed by atoms with E-state index in [4.69, 9.17) is 9.47 Å². The van der Waals surface area contributed by atoms with Gasteiger partial charge in [-0.1, -0.05) is 62.4 Å². The first-order valence-electron chi connectivity index (χ1n) is 12.1. The molecule has 4 rings (SSSR count). The average molecular weight is 481 g/mol. The molecule has 2 unspecified atom stereocenters. The van der Waals surface area contributed by atoms with Crippen LogP contribution in [0.2, 0.25) is 0 Å². The van der Waals surface area contributed by atoms with Crippen LogP contribution in [0.5, 0.6) is 0 Å². The van der Waals surface area contributed by atoms with Crippen molar-refractivity contribution in [1.82, 2.24) is 10.6 Å². The van der Waals surface area contributed by atoms with Gasteiger partial charge < -0.3 is 25.2 Å². The third kappa shape index (κ3) is 4.89. The minimum absolute atomic E-state index is 0.0301. The molecule has 0 radical (unpaired) electrons. The number of amides is 2. The van der Waals surface area contributed by atoms with Crippen LogP contribution in [0.3, 0.4) is 0 Å². The van der Waals surface area contributed by atoms with Gasteiger partial charge in [0.2, 0.25) is 5.91 Å². The van der Waals surface area contributed by atoms with Crippen molar-refractivity contribution in [2.24, 2.45) is 11.3 Å². The number of carbonyl (C=O) groups excluding carboxylic acids is 2. The van der Waals surface area contributed by atoms with Crippen LogP contribution in [-0.4, -0.2) is 55.5 Å². The third-order valence-electron chi connectivity index (χ3n) is 7.47. The van der Waals surface area contributed by atoms with Crippen LogP contribution in [0.1, 0.15) is 43.7 Å². The summed E-state index contributed by atoms with van der Waals surface area (Å²) in [4.78, 5) is 37.2. The fourth-order valence-corrected chi connectivity index (χ4v) is 5.01. The molecule has 35 heavy (non-hydrogen) atoms. The van der Waals surface area contributed by atoms with Crippen LogP contribution < -0.4 is 10.6 Å². The number of rotatable bonds is 9. The number of nitrogens with one attached hydrogen (secondary N) is 2. The molecule has 0 saturated carbocycles. The molecule has 0 bridgehead atoms. The van der Waals surface area contributed by atoms with Crippen molar-refractivity contribution in [3.05, 3.63) is 59.7 Å². The Morgan fingerprint density at radius 3 is 2.17 bits per heavy atom. The van der Waals surface area contributed by atoms with Crippen LogP contribution in [-0.2, 0) is 19.1 Å². The van der Waals surface area contributed by atoms with Crippen molar-refractivity contribution in [1.29, 1.82) is 0 Å². The van der Waals surface area contributed by atoms with Crippen molar-refractivity contribution in [3.8, 4) is 11.1 Å². The number of fused-ring (bicyclic) bond motifs is 3. The molecule has 8 nitrogen and oxygen atoms in total. The summed E-state index contributed by atoms with van der Waals surface area (Å²) in [5.74, 6) is -1.94. The number of hydrogen-bond donors (Lipinski definition) is 3. The maximum Gasteiger partial charge on any atom is 0.407 e. The summed E-state index contributed by atoms with van der Waals surface area (Å²) in [5.41, 5.74) is 3.53. The van der Waals surface area contributed by atoms with Gasteiger partial charge >= 0.3 is 12.1 Å². The van der Waals surface area contributed by atoms with Crippen LogP contribution in [0, 0.1) is 11.3 Å². The first-order chi connectivity index (χ1) is 16.9. The molecular weight excluding hydrogens is 448 g/mol. The highest BCUT2D eigenvalue weighted by Crippen LogP contribution is 2.44. The van der Waals surface area contributed by atoms with Crippen molar-refractivity contribution in [3.63, 3.8) is 0 Å². The van der Waals surface area contributed by atoms with Crippen molar-refractivity contribution in [2.75, 3.05) is 26.4 Å². The summed E-state index contributed by atoms with van der Waals surface area (Å²) >= 11 is 0. The van der Waals surface area contributed by atoms with Crippen molar-refractivity contribution < 1.29 is 29.0 Å². The SMILES string of the molecule is CCC(CC)(CNC(=O)C1COCC1NC(=O)OCC1c2ccccc2-c2ccccc21)C(=O)O. The smallest absolute Gasteiger partial charge is 0.407 e. The summed E-state index contributed by atoms with van der Waals surface area (Å²) in [6, 6.07) is 15.7. The summed E-state index contributed by atoms with van der Waals surface area (Å²) < 4.78 is 11.0. The molecule has 1 aliphatic heterocycles. The maximum atomic E-state index is 12.8. The molecule has 1 fully saturated rings. The summed E-state index contributed by atoms with van der Waals surface area (Å²) in [5, 5.41) is 15.1. The van der Waals surface area contributed by atoms with E-state index in [1.165, 1.54) is 0 Å². The first-order valence-corrected chi connectivity index (χ1v) is 12.1. The molecule has 8 heteroatoms. The number of carbonyl (C=O) groups is 3. The largest absolute Gasteiger partial charge is 0.481 e. The van der Waals surface area contributed by atoms with Crippen LogP contribution in [0.25, 0.3) is 11.1 Å². The molecule has 0 aromatic heterocycles. The molecule has 2 aliphatic rings. The van der Waals surface area contributed by atoms with Crippen molar-refractivity contribution in [2.45, 2.75) is 38.6 Å². The van der Waals surface area contributed by atoms with E-state index in [9.17, 15) is 19.5 Å². The zero-order valence-electron chi connectivity index (χ0n) is 20.1. The molecule has 2 atom stereocenters. The number of carboxylic acid groups (broad SMARTS) is 1. The molecule has 0 spiro atoms. The molecule has 2 aromatic rings.